The average molecular weight is 464 g/mol. The number of aromatic nitrogens is 5. The average Bonchev–Trinajstić information content (AvgIpc) is 3.33. The van der Waals surface area contributed by atoms with E-state index in [1.165, 1.54) is 13.0 Å². The summed E-state index contributed by atoms with van der Waals surface area (Å²) in [4.78, 5) is 16.5. The van der Waals surface area contributed by atoms with Crippen LogP contribution in [0.15, 0.2) is 48.7 Å². The highest BCUT2D eigenvalue weighted by Gasteiger charge is 2.60. The van der Waals surface area contributed by atoms with E-state index in [1.807, 2.05) is 31.2 Å². The number of carbonyl (C=O) groups is 1. The molecule has 12 heteroatoms. The molecule has 0 aliphatic rings. The highest BCUT2D eigenvalue weighted by atomic mass is 19.4. The molecule has 0 aliphatic heterocycles. The quantitative estimate of drug-likeness (QED) is 0.442. The number of carbonyl (C=O) groups excluding carboxylic acids is 1. The van der Waals surface area contributed by atoms with Gasteiger partial charge in [-0.3, -0.25) is 9.48 Å². The minimum atomic E-state index is -5.84. The van der Waals surface area contributed by atoms with Crippen LogP contribution in [0.2, 0.25) is 0 Å². The molecule has 172 valence electrons. The Bertz CT molecular complexity index is 1340. The zero-order chi connectivity index (χ0) is 24.0. The molecule has 4 rings (SSSR count). The standard InChI is InChI=1S/C21H17F5N6O/c1-12-4-3-5-14(8-12)11-31-7-6-17(30-31)28-19(33)15-10-18-27-13(2)9-16(32(18)29-15)20(22,23)21(24,25)26/h3-10H,11H2,1-2H3,(H,28,30,33). The zero-order valence-corrected chi connectivity index (χ0v) is 17.4. The minimum absolute atomic E-state index is 0.0804. The van der Waals surface area contributed by atoms with Crippen LogP contribution in [0.5, 0.6) is 0 Å². The molecule has 0 fully saturated rings. The molecule has 4 aromatic rings. The monoisotopic (exact) mass is 464 g/mol. The van der Waals surface area contributed by atoms with E-state index >= 15 is 0 Å². The summed E-state index contributed by atoms with van der Waals surface area (Å²) in [6.45, 7) is 3.67. The fraction of sp³-hybridized carbons (Fsp3) is 0.238. The molecule has 0 spiro atoms. The van der Waals surface area contributed by atoms with E-state index in [9.17, 15) is 26.7 Å². The summed E-state index contributed by atoms with van der Waals surface area (Å²) in [7, 11) is 0. The predicted octanol–water partition coefficient (Wildman–Crippen LogP) is 4.50. The first-order valence-electron chi connectivity index (χ1n) is 9.67. The third-order valence-electron chi connectivity index (χ3n) is 4.77. The Hall–Kier alpha value is -3.83. The van der Waals surface area contributed by atoms with Crippen molar-refractivity contribution in [3.8, 4) is 0 Å². The number of benzene rings is 1. The van der Waals surface area contributed by atoms with Crippen LogP contribution in [-0.2, 0) is 12.5 Å². The molecule has 1 amide bonds. The number of aryl methyl sites for hydroxylation is 2. The van der Waals surface area contributed by atoms with Crippen LogP contribution < -0.4 is 5.32 Å². The zero-order valence-electron chi connectivity index (χ0n) is 17.4. The number of fused-ring (bicyclic) bond motifs is 1. The molecule has 3 heterocycles. The van der Waals surface area contributed by atoms with Crippen LogP contribution in [0, 0.1) is 13.8 Å². The Labute approximate surface area is 183 Å². The summed E-state index contributed by atoms with van der Waals surface area (Å²) in [6.07, 6.45) is -4.21. The third kappa shape index (κ3) is 4.41. The molecule has 0 radical (unpaired) electrons. The van der Waals surface area contributed by atoms with Gasteiger partial charge in [-0.1, -0.05) is 29.8 Å². The summed E-state index contributed by atoms with van der Waals surface area (Å²) in [5.41, 5.74) is -0.137. The fourth-order valence-electron chi connectivity index (χ4n) is 3.27. The van der Waals surface area contributed by atoms with Crippen molar-refractivity contribution in [3.05, 3.63) is 76.9 Å². The van der Waals surface area contributed by atoms with Gasteiger partial charge in [0.1, 0.15) is 5.69 Å². The first-order valence-corrected chi connectivity index (χ1v) is 9.67. The van der Waals surface area contributed by atoms with Crippen LogP contribution in [0.1, 0.15) is 33.0 Å². The molecule has 0 unspecified atom stereocenters. The Balaban J connectivity index is 1.58. The van der Waals surface area contributed by atoms with Gasteiger partial charge in [0.2, 0.25) is 0 Å². The van der Waals surface area contributed by atoms with Crippen molar-refractivity contribution in [1.29, 1.82) is 0 Å². The Morgan fingerprint density at radius 3 is 2.48 bits per heavy atom. The van der Waals surface area contributed by atoms with Gasteiger partial charge in [0, 0.05) is 24.0 Å². The largest absolute Gasteiger partial charge is 0.459 e. The number of rotatable bonds is 5. The number of hydrogen-bond donors (Lipinski definition) is 1. The van der Waals surface area contributed by atoms with E-state index in [-0.39, 0.29) is 22.9 Å². The molecular weight excluding hydrogens is 447 g/mol. The van der Waals surface area contributed by atoms with Gasteiger partial charge in [-0.05, 0) is 25.5 Å². The molecule has 0 saturated heterocycles. The van der Waals surface area contributed by atoms with Crippen LogP contribution in [0.25, 0.3) is 5.65 Å². The Morgan fingerprint density at radius 1 is 1.03 bits per heavy atom. The maximum atomic E-state index is 14.0. The van der Waals surface area contributed by atoms with E-state index in [0.29, 0.717) is 17.1 Å². The number of nitrogens with zero attached hydrogens (tertiary/aromatic N) is 5. The molecule has 1 aromatic carbocycles. The van der Waals surface area contributed by atoms with Crippen LogP contribution in [0.3, 0.4) is 0 Å². The molecule has 1 N–H and O–H groups in total. The van der Waals surface area contributed by atoms with Gasteiger partial charge in [0.05, 0.1) is 6.54 Å². The SMILES string of the molecule is Cc1cccc(Cn2ccc(NC(=O)c3cc4nc(C)cc(C(F)(F)C(F)(F)F)n4n3)n2)c1. The van der Waals surface area contributed by atoms with E-state index in [4.69, 9.17) is 0 Å². The summed E-state index contributed by atoms with van der Waals surface area (Å²) < 4.78 is 68.7. The smallest absolute Gasteiger partial charge is 0.304 e. The maximum absolute atomic E-state index is 14.0. The van der Waals surface area contributed by atoms with E-state index in [0.717, 1.165) is 17.2 Å². The molecule has 0 aliphatic carbocycles. The minimum Gasteiger partial charge on any atom is -0.304 e. The molecule has 0 saturated carbocycles. The second-order valence-corrected chi connectivity index (χ2v) is 7.50. The lowest BCUT2D eigenvalue weighted by Gasteiger charge is -2.20. The number of halogens is 5. The van der Waals surface area contributed by atoms with E-state index in [2.05, 4.69) is 20.5 Å². The van der Waals surface area contributed by atoms with Gasteiger partial charge in [0.15, 0.2) is 17.2 Å². The van der Waals surface area contributed by atoms with Crippen molar-refractivity contribution < 1.29 is 26.7 Å². The normalized spacial score (nSPS) is 12.3. The number of nitrogens with one attached hydrogen (secondary N) is 1. The van der Waals surface area contributed by atoms with Gasteiger partial charge >= 0.3 is 12.1 Å². The van der Waals surface area contributed by atoms with Gasteiger partial charge in [0.25, 0.3) is 5.91 Å². The lowest BCUT2D eigenvalue weighted by molar-refractivity contribution is -0.291. The highest BCUT2D eigenvalue weighted by Crippen LogP contribution is 2.43. The lowest BCUT2D eigenvalue weighted by atomic mass is 10.1. The summed E-state index contributed by atoms with van der Waals surface area (Å²) >= 11 is 0. The summed E-state index contributed by atoms with van der Waals surface area (Å²) in [5.74, 6) is -5.86. The predicted molar refractivity (Wildman–Crippen MR) is 108 cm³/mol. The van der Waals surface area contributed by atoms with Crippen molar-refractivity contribution >= 4 is 17.4 Å². The van der Waals surface area contributed by atoms with Crippen molar-refractivity contribution in [2.45, 2.75) is 32.5 Å². The van der Waals surface area contributed by atoms with Gasteiger partial charge < -0.3 is 5.32 Å². The highest BCUT2D eigenvalue weighted by molar-refractivity contribution is 6.02. The summed E-state index contributed by atoms with van der Waals surface area (Å²) in [5, 5.41) is 10.3. The molecule has 3 aromatic heterocycles. The van der Waals surface area contributed by atoms with Crippen molar-refractivity contribution in [3.63, 3.8) is 0 Å². The van der Waals surface area contributed by atoms with Crippen LogP contribution in [0.4, 0.5) is 27.8 Å². The van der Waals surface area contributed by atoms with E-state index in [1.54, 1.807) is 10.9 Å². The topological polar surface area (TPSA) is 77.1 Å². The van der Waals surface area contributed by atoms with Crippen molar-refractivity contribution in [2.75, 3.05) is 5.32 Å². The van der Waals surface area contributed by atoms with Gasteiger partial charge in [-0.25, -0.2) is 9.50 Å². The molecular formula is C21H17F5N6O. The molecule has 0 bridgehead atoms. The Morgan fingerprint density at radius 2 is 1.79 bits per heavy atom. The number of amides is 1. The Kier molecular flexibility index (Phi) is 5.38. The number of anilines is 1. The first kappa shape index (κ1) is 22.4. The number of alkyl halides is 5. The molecule has 7 nitrogen and oxygen atoms in total. The number of hydrogen-bond acceptors (Lipinski definition) is 4. The molecule has 33 heavy (non-hydrogen) atoms. The van der Waals surface area contributed by atoms with Gasteiger partial charge in [-0.15, -0.1) is 0 Å². The van der Waals surface area contributed by atoms with E-state index < -0.39 is 23.7 Å². The van der Waals surface area contributed by atoms with Crippen molar-refractivity contribution in [1.82, 2.24) is 24.4 Å². The fourth-order valence-corrected chi connectivity index (χ4v) is 3.27. The summed E-state index contributed by atoms with van der Waals surface area (Å²) in [6, 6.07) is 10.9. The maximum Gasteiger partial charge on any atom is 0.459 e. The van der Waals surface area contributed by atoms with Gasteiger partial charge in [-0.2, -0.15) is 32.1 Å². The molecule has 0 atom stereocenters. The second-order valence-electron chi connectivity index (χ2n) is 7.50. The van der Waals surface area contributed by atoms with Crippen molar-refractivity contribution in [2.24, 2.45) is 0 Å². The van der Waals surface area contributed by atoms with Crippen LogP contribution in [-0.4, -0.2) is 36.5 Å². The first-order chi connectivity index (χ1) is 15.4. The third-order valence-corrected chi connectivity index (χ3v) is 4.77. The lowest BCUT2D eigenvalue weighted by Crippen LogP contribution is -2.36. The van der Waals surface area contributed by atoms with Crippen LogP contribution >= 0.6 is 0 Å². The second kappa shape index (κ2) is 7.94.